The average Bonchev–Trinajstić information content (AvgIpc) is 2.46. The predicted octanol–water partition coefficient (Wildman–Crippen LogP) is 1.95. The molecule has 2 aromatic rings. The number of hydrogen-bond acceptors (Lipinski definition) is 4. The van der Waals surface area contributed by atoms with Crippen LogP contribution in [0.15, 0.2) is 53.9 Å². The number of nitrogens with zero attached hydrogens (tertiary/aromatic N) is 2. The molecule has 1 amide bonds. The number of carbonyl (C=O) groups is 1. The molecule has 5 heteroatoms. The van der Waals surface area contributed by atoms with Crippen molar-refractivity contribution in [3.63, 3.8) is 0 Å². The minimum absolute atomic E-state index is 0.174. The number of carbonyl (C=O) groups excluding carboxylic acids is 1. The molecule has 1 aromatic carbocycles. The number of rotatable bonds is 5. The van der Waals surface area contributed by atoms with Gasteiger partial charge in [-0.3, -0.25) is 9.78 Å². The van der Waals surface area contributed by atoms with E-state index < -0.39 is 0 Å². The Morgan fingerprint density at radius 2 is 2.25 bits per heavy atom. The largest absolute Gasteiger partial charge is 0.376 e. The highest BCUT2D eigenvalue weighted by Gasteiger charge is 1.99. The molecule has 1 aromatic heterocycles. The fraction of sp³-hybridized carbons (Fsp3) is 0.133. The summed E-state index contributed by atoms with van der Waals surface area (Å²) in [6.45, 7) is 2.18. The summed E-state index contributed by atoms with van der Waals surface area (Å²) < 4.78 is 0. The minimum atomic E-state index is -0.202. The van der Waals surface area contributed by atoms with Crippen LogP contribution < -0.4 is 10.7 Å². The molecule has 0 unspecified atom stereocenters. The summed E-state index contributed by atoms with van der Waals surface area (Å²) in [5, 5.41) is 6.90. The first-order valence-corrected chi connectivity index (χ1v) is 6.26. The summed E-state index contributed by atoms with van der Waals surface area (Å²) in [5.74, 6) is -0.202. The van der Waals surface area contributed by atoms with E-state index in [4.69, 9.17) is 0 Å². The molecule has 0 spiro atoms. The smallest absolute Gasteiger partial charge is 0.259 e. The van der Waals surface area contributed by atoms with Gasteiger partial charge in [-0.25, -0.2) is 5.43 Å². The third-order valence-corrected chi connectivity index (χ3v) is 2.56. The minimum Gasteiger partial charge on any atom is -0.376 e. The van der Waals surface area contributed by atoms with Crippen LogP contribution in [-0.4, -0.2) is 23.7 Å². The fourth-order valence-electron chi connectivity index (χ4n) is 1.61. The summed E-state index contributed by atoms with van der Waals surface area (Å²) in [6.07, 6.45) is 4.90. The molecule has 20 heavy (non-hydrogen) atoms. The Morgan fingerprint density at radius 1 is 1.35 bits per heavy atom. The molecule has 2 rings (SSSR count). The molecular formula is C15H16N4O. The van der Waals surface area contributed by atoms with Crippen molar-refractivity contribution in [2.45, 2.75) is 6.92 Å². The molecule has 1 heterocycles. The highest BCUT2D eigenvalue weighted by molar-refractivity contribution is 5.84. The van der Waals surface area contributed by atoms with E-state index in [0.29, 0.717) is 0 Å². The van der Waals surface area contributed by atoms with Crippen LogP contribution in [0.4, 0.5) is 5.69 Å². The summed E-state index contributed by atoms with van der Waals surface area (Å²) >= 11 is 0. The van der Waals surface area contributed by atoms with Gasteiger partial charge in [0.15, 0.2) is 0 Å². The lowest BCUT2D eigenvalue weighted by molar-refractivity contribution is -0.119. The third kappa shape index (κ3) is 4.53. The molecule has 102 valence electrons. The Morgan fingerprint density at radius 3 is 3.00 bits per heavy atom. The van der Waals surface area contributed by atoms with Gasteiger partial charge >= 0.3 is 0 Å². The Bertz CT molecular complexity index is 596. The van der Waals surface area contributed by atoms with E-state index in [-0.39, 0.29) is 12.5 Å². The van der Waals surface area contributed by atoms with Crippen LogP contribution in [0.25, 0.3) is 0 Å². The fourth-order valence-corrected chi connectivity index (χ4v) is 1.61. The molecule has 0 saturated carbocycles. The van der Waals surface area contributed by atoms with Gasteiger partial charge in [-0.2, -0.15) is 5.10 Å². The van der Waals surface area contributed by atoms with Gasteiger partial charge in [0.2, 0.25) is 0 Å². The van der Waals surface area contributed by atoms with Gasteiger partial charge in [0.1, 0.15) is 0 Å². The van der Waals surface area contributed by atoms with E-state index in [1.807, 2.05) is 43.3 Å². The van der Waals surface area contributed by atoms with Crippen molar-refractivity contribution >= 4 is 17.8 Å². The van der Waals surface area contributed by atoms with Gasteiger partial charge < -0.3 is 5.32 Å². The van der Waals surface area contributed by atoms with E-state index in [1.54, 1.807) is 18.6 Å². The van der Waals surface area contributed by atoms with Crippen LogP contribution in [0.2, 0.25) is 0 Å². The molecule has 0 aliphatic rings. The Labute approximate surface area is 117 Å². The topological polar surface area (TPSA) is 66.4 Å². The predicted molar refractivity (Wildman–Crippen MR) is 79.6 cm³/mol. The quantitative estimate of drug-likeness (QED) is 0.643. The normalized spacial score (nSPS) is 10.4. The van der Waals surface area contributed by atoms with Gasteiger partial charge in [0.25, 0.3) is 5.91 Å². The lowest BCUT2D eigenvalue weighted by Crippen LogP contribution is -2.25. The molecule has 0 fully saturated rings. The van der Waals surface area contributed by atoms with Gasteiger partial charge in [0, 0.05) is 23.6 Å². The molecule has 0 aliphatic heterocycles. The maximum Gasteiger partial charge on any atom is 0.259 e. The van der Waals surface area contributed by atoms with Crippen LogP contribution in [0.5, 0.6) is 0 Å². The number of benzene rings is 1. The number of anilines is 1. The van der Waals surface area contributed by atoms with Crippen molar-refractivity contribution < 1.29 is 4.79 Å². The molecule has 0 aliphatic carbocycles. The first kappa shape index (κ1) is 13.7. The first-order chi connectivity index (χ1) is 9.74. The van der Waals surface area contributed by atoms with E-state index in [9.17, 15) is 4.79 Å². The van der Waals surface area contributed by atoms with Crippen LogP contribution >= 0.6 is 0 Å². The highest BCUT2D eigenvalue weighted by Crippen LogP contribution is 2.08. The van der Waals surface area contributed by atoms with Crippen molar-refractivity contribution in [1.82, 2.24) is 10.4 Å². The van der Waals surface area contributed by atoms with Crippen LogP contribution in [0, 0.1) is 6.92 Å². The molecule has 0 atom stereocenters. The van der Waals surface area contributed by atoms with Gasteiger partial charge in [-0.15, -0.1) is 0 Å². The highest BCUT2D eigenvalue weighted by atomic mass is 16.2. The van der Waals surface area contributed by atoms with Crippen LogP contribution in [0.3, 0.4) is 0 Å². The molecule has 2 N–H and O–H groups in total. The Balaban J connectivity index is 1.77. The summed E-state index contributed by atoms with van der Waals surface area (Å²) in [5.41, 5.74) is 5.35. The number of nitrogens with one attached hydrogen (secondary N) is 2. The Kier molecular flexibility index (Phi) is 4.83. The van der Waals surface area contributed by atoms with Crippen molar-refractivity contribution in [3.8, 4) is 0 Å². The SMILES string of the molecule is Cc1cccc(NCC(=O)NN=Cc2cccnc2)c1. The zero-order chi connectivity index (χ0) is 14.2. The maximum absolute atomic E-state index is 11.6. The van der Waals surface area contributed by atoms with E-state index in [0.717, 1.165) is 16.8 Å². The molecular weight excluding hydrogens is 252 g/mol. The zero-order valence-electron chi connectivity index (χ0n) is 11.2. The number of hydrogen-bond donors (Lipinski definition) is 2. The van der Waals surface area contributed by atoms with Crippen molar-refractivity contribution in [2.75, 3.05) is 11.9 Å². The molecule has 0 radical (unpaired) electrons. The maximum atomic E-state index is 11.6. The number of amides is 1. The van der Waals surface area contributed by atoms with Crippen LogP contribution in [0.1, 0.15) is 11.1 Å². The second-order valence-electron chi connectivity index (χ2n) is 4.30. The monoisotopic (exact) mass is 268 g/mol. The van der Waals surface area contributed by atoms with Crippen molar-refractivity contribution in [2.24, 2.45) is 5.10 Å². The average molecular weight is 268 g/mol. The van der Waals surface area contributed by atoms with Crippen LogP contribution in [-0.2, 0) is 4.79 Å². The summed E-state index contributed by atoms with van der Waals surface area (Å²) in [4.78, 5) is 15.5. The Hall–Kier alpha value is -2.69. The first-order valence-electron chi connectivity index (χ1n) is 6.26. The standard InChI is InChI=1S/C15H16N4O/c1-12-4-2-6-14(8-12)17-11-15(20)19-18-10-13-5-3-7-16-9-13/h2-10,17H,11H2,1H3,(H,19,20). The van der Waals surface area contributed by atoms with E-state index >= 15 is 0 Å². The van der Waals surface area contributed by atoms with Crippen molar-refractivity contribution in [3.05, 3.63) is 59.9 Å². The lowest BCUT2D eigenvalue weighted by Gasteiger charge is -2.05. The number of hydrazone groups is 1. The lowest BCUT2D eigenvalue weighted by atomic mass is 10.2. The second kappa shape index (κ2) is 7.04. The number of aromatic nitrogens is 1. The van der Waals surface area contributed by atoms with E-state index in [2.05, 4.69) is 20.8 Å². The summed E-state index contributed by atoms with van der Waals surface area (Å²) in [6, 6.07) is 11.5. The molecule has 5 nitrogen and oxygen atoms in total. The van der Waals surface area contributed by atoms with E-state index in [1.165, 1.54) is 0 Å². The molecule has 0 saturated heterocycles. The number of pyridine rings is 1. The van der Waals surface area contributed by atoms with Gasteiger partial charge in [-0.1, -0.05) is 18.2 Å². The summed E-state index contributed by atoms with van der Waals surface area (Å²) in [7, 11) is 0. The van der Waals surface area contributed by atoms with Crippen molar-refractivity contribution in [1.29, 1.82) is 0 Å². The van der Waals surface area contributed by atoms with Gasteiger partial charge in [0.05, 0.1) is 12.8 Å². The van der Waals surface area contributed by atoms with Gasteiger partial charge in [-0.05, 0) is 30.7 Å². The zero-order valence-corrected chi connectivity index (χ0v) is 11.2. The molecule has 0 bridgehead atoms. The third-order valence-electron chi connectivity index (χ3n) is 2.56. The second-order valence-corrected chi connectivity index (χ2v) is 4.30. The number of aryl methyl sites for hydroxylation is 1.